The van der Waals surface area contributed by atoms with Gasteiger partial charge in [0.2, 0.25) is 22.1 Å². The van der Waals surface area contributed by atoms with Crippen LogP contribution in [0.5, 0.6) is 0 Å². The summed E-state index contributed by atoms with van der Waals surface area (Å²) in [7, 11) is 0. The summed E-state index contributed by atoms with van der Waals surface area (Å²) in [4.78, 5) is 31.1. The van der Waals surface area contributed by atoms with Gasteiger partial charge in [-0.05, 0) is 38.6 Å². The van der Waals surface area contributed by atoms with Gasteiger partial charge in [-0.2, -0.15) is 0 Å². The molecular weight excluding hydrogens is 404 g/mol. The largest absolute Gasteiger partial charge is 0.379 e. The Morgan fingerprint density at radius 1 is 1.10 bits per heavy atom. The van der Waals surface area contributed by atoms with Crippen LogP contribution in [-0.2, 0) is 14.3 Å². The zero-order valence-corrected chi connectivity index (χ0v) is 18.4. The average Bonchev–Trinajstić information content (AvgIpc) is 3.28. The Balaban J connectivity index is 1.23. The molecule has 3 aliphatic rings. The maximum Gasteiger partial charge on any atom is 0.228 e. The predicted octanol–water partition coefficient (Wildman–Crippen LogP) is 1.11. The van der Waals surface area contributed by atoms with Gasteiger partial charge in [-0.25, -0.2) is 0 Å². The van der Waals surface area contributed by atoms with Crippen LogP contribution in [-0.4, -0.2) is 85.9 Å². The predicted molar refractivity (Wildman–Crippen MR) is 116 cm³/mol. The van der Waals surface area contributed by atoms with Crippen LogP contribution in [0.1, 0.15) is 38.5 Å². The number of carbonyl (C=O) groups is 2. The second-order valence-electron chi connectivity index (χ2n) is 8.25. The van der Waals surface area contributed by atoms with Crippen LogP contribution < -0.4 is 15.1 Å². The van der Waals surface area contributed by atoms with E-state index in [9.17, 15) is 9.59 Å². The molecule has 1 aromatic rings. The smallest absolute Gasteiger partial charge is 0.228 e. The van der Waals surface area contributed by atoms with Crippen molar-refractivity contribution in [3.05, 3.63) is 0 Å². The van der Waals surface area contributed by atoms with E-state index in [0.717, 1.165) is 83.2 Å². The monoisotopic (exact) mass is 436 g/mol. The van der Waals surface area contributed by atoms with Crippen molar-refractivity contribution < 1.29 is 14.3 Å². The van der Waals surface area contributed by atoms with Gasteiger partial charge in [-0.1, -0.05) is 11.3 Å². The first-order valence-corrected chi connectivity index (χ1v) is 12.0. The molecule has 3 fully saturated rings. The third kappa shape index (κ3) is 5.47. The molecule has 1 atom stereocenters. The van der Waals surface area contributed by atoms with Crippen molar-refractivity contribution in [1.29, 1.82) is 0 Å². The number of rotatable bonds is 7. The Hall–Kier alpha value is -1.78. The molecule has 4 heterocycles. The van der Waals surface area contributed by atoms with E-state index in [2.05, 4.69) is 25.3 Å². The quantitative estimate of drug-likeness (QED) is 0.640. The van der Waals surface area contributed by atoms with Gasteiger partial charge >= 0.3 is 0 Å². The summed E-state index contributed by atoms with van der Waals surface area (Å²) in [5.74, 6) is 0.251. The standard InChI is InChI=1S/C20H32N6O3S/c27-17-6-1-2-10-26(17)20-23-22-19(30-20)25-9-3-5-16(15-25)18(28)21-7-4-8-24-11-13-29-14-12-24/h16H,1-15H2,(H,21,28). The zero-order valence-electron chi connectivity index (χ0n) is 17.6. The Kier molecular flexibility index (Phi) is 7.51. The molecule has 1 aromatic heterocycles. The number of piperidine rings is 2. The number of nitrogens with zero attached hydrogens (tertiary/aromatic N) is 5. The van der Waals surface area contributed by atoms with Gasteiger partial charge < -0.3 is 15.0 Å². The minimum atomic E-state index is -0.0221. The van der Waals surface area contributed by atoms with Gasteiger partial charge in [-0.3, -0.25) is 19.4 Å². The first-order chi connectivity index (χ1) is 14.7. The molecule has 2 amide bonds. The lowest BCUT2D eigenvalue weighted by atomic mass is 9.97. The highest BCUT2D eigenvalue weighted by Crippen LogP contribution is 2.32. The molecule has 0 spiro atoms. The molecule has 166 valence electrons. The fraction of sp³-hybridized carbons (Fsp3) is 0.800. The van der Waals surface area contributed by atoms with Crippen molar-refractivity contribution in [2.24, 2.45) is 5.92 Å². The van der Waals surface area contributed by atoms with Crippen molar-refractivity contribution in [2.45, 2.75) is 38.5 Å². The molecule has 1 N–H and O–H groups in total. The lowest BCUT2D eigenvalue weighted by molar-refractivity contribution is -0.125. The first kappa shape index (κ1) is 21.5. The maximum atomic E-state index is 12.7. The molecular formula is C20H32N6O3S. The highest BCUT2D eigenvalue weighted by molar-refractivity contribution is 7.19. The Morgan fingerprint density at radius 2 is 1.93 bits per heavy atom. The first-order valence-electron chi connectivity index (χ1n) is 11.2. The SMILES string of the molecule is O=C(NCCCN1CCOCC1)C1CCCN(c2nnc(N3CCCCC3=O)s2)C1. The summed E-state index contributed by atoms with van der Waals surface area (Å²) >= 11 is 1.46. The summed E-state index contributed by atoms with van der Waals surface area (Å²) in [5.41, 5.74) is 0. The van der Waals surface area contributed by atoms with Crippen LogP contribution in [0.3, 0.4) is 0 Å². The summed E-state index contributed by atoms with van der Waals surface area (Å²) in [6.45, 7) is 7.57. The summed E-state index contributed by atoms with van der Waals surface area (Å²) in [6, 6.07) is 0. The molecule has 0 aromatic carbocycles. The van der Waals surface area contributed by atoms with E-state index >= 15 is 0 Å². The van der Waals surface area contributed by atoms with Crippen LogP contribution in [0.15, 0.2) is 0 Å². The second kappa shape index (κ2) is 10.5. The number of nitrogens with one attached hydrogen (secondary N) is 1. The van der Waals surface area contributed by atoms with E-state index < -0.39 is 0 Å². The van der Waals surface area contributed by atoms with Crippen LogP contribution in [0.2, 0.25) is 0 Å². The van der Waals surface area contributed by atoms with Gasteiger partial charge in [0.05, 0.1) is 19.1 Å². The van der Waals surface area contributed by atoms with E-state index in [1.807, 2.05) is 0 Å². The van der Waals surface area contributed by atoms with Crippen molar-refractivity contribution in [3.8, 4) is 0 Å². The van der Waals surface area contributed by atoms with E-state index in [0.29, 0.717) is 24.6 Å². The molecule has 30 heavy (non-hydrogen) atoms. The molecule has 4 rings (SSSR count). The number of hydrogen-bond donors (Lipinski definition) is 1. The normalized spacial score (nSPS) is 23.6. The summed E-state index contributed by atoms with van der Waals surface area (Å²) < 4.78 is 5.37. The van der Waals surface area contributed by atoms with Crippen LogP contribution >= 0.6 is 11.3 Å². The average molecular weight is 437 g/mol. The zero-order chi connectivity index (χ0) is 20.8. The topological polar surface area (TPSA) is 90.9 Å². The number of morpholine rings is 1. The molecule has 1 unspecified atom stereocenters. The molecule has 0 aliphatic carbocycles. The Morgan fingerprint density at radius 3 is 2.77 bits per heavy atom. The Bertz CT molecular complexity index is 723. The number of hydrogen-bond acceptors (Lipinski definition) is 8. The number of amides is 2. The fourth-order valence-electron chi connectivity index (χ4n) is 4.30. The molecule has 9 nitrogen and oxygen atoms in total. The second-order valence-corrected chi connectivity index (χ2v) is 9.19. The van der Waals surface area contributed by atoms with Crippen molar-refractivity contribution in [2.75, 3.05) is 68.8 Å². The number of carbonyl (C=O) groups excluding carboxylic acids is 2. The molecule has 0 radical (unpaired) electrons. The van der Waals surface area contributed by atoms with Gasteiger partial charge in [0.1, 0.15) is 0 Å². The third-order valence-electron chi connectivity index (χ3n) is 6.07. The minimum Gasteiger partial charge on any atom is -0.379 e. The van der Waals surface area contributed by atoms with Gasteiger partial charge in [-0.15, -0.1) is 10.2 Å². The lowest BCUT2D eigenvalue weighted by Gasteiger charge is -2.31. The highest BCUT2D eigenvalue weighted by atomic mass is 32.1. The lowest BCUT2D eigenvalue weighted by Crippen LogP contribution is -2.44. The number of anilines is 2. The molecule has 0 bridgehead atoms. The highest BCUT2D eigenvalue weighted by Gasteiger charge is 2.29. The molecule has 0 saturated carbocycles. The fourth-order valence-corrected chi connectivity index (χ4v) is 5.23. The van der Waals surface area contributed by atoms with Crippen LogP contribution in [0.4, 0.5) is 10.3 Å². The van der Waals surface area contributed by atoms with E-state index in [1.54, 1.807) is 4.90 Å². The molecule has 3 saturated heterocycles. The van der Waals surface area contributed by atoms with Crippen LogP contribution in [0.25, 0.3) is 0 Å². The minimum absolute atomic E-state index is 0.0221. The van der Waals surface area contributed by atoms with Gasteiger partial charge in [0, 0.05) is 45.7 Å². The van der Waals surface area contributed by atoms with Crippen molar-refractivity contribution >= 4 is 33.4 Å². The van der Waals surface area contributed by atoms with E-state index in [4.69, 9.17) is 4.74 Å². The van der Waals surface area contributed by atoms with E-state index in [-0.39, 0.29) is 17.7 Å². The number of ether oxygens (including phenoxy) is 1. The van der Waals surface area contributed by atoms with Gasteiger partial charge in [0.25, 0.3) is 0 Å². The van der Waals surface area contributed by atoms with E-state index in [1.165, 1.54) is 11.3 Å². The molecule has 3 aliphatic heterocycles. The summed E-state index contributed by atoms with van der Waals surface area (Å²) in [5, 5.41) is 13.2. The maximum absolute atomic E-state index is 12.7. The van der Waals surface area contributed by atoms with Gasteiger partial charge in [0.15, 0.2) is 0 Å². The van der Waals surface area contributed by atoms with Crippen molar-refractivity contribution in [3.63, 3.8) is 0 Å². The molecule has 10 heteroatoms. The Labute approximate surface area is 181 Å². The summed E-state index contributed by atoms with van der Waals surface area (Å²) in [6.07, 6.45) is 5.39. The number of aromatic nitrogens is 2. The van der Waals surface area contributed by atoms with Crippen LogP contribution in [0, 0.1) is 5.92 Å². The van der Waals surface area contributed by atoms with Crippen molar-refractivity contribution in [1.82, 2.24) is 20.4 Å². The third-order valence-corrected chi connectivity index (χ3v) is 7.08.